The number of amides is 2. The Balaban J connectivity index is 1.21. The standard InChI is InChI=1S/C26H38N2O12/c29-25-5-6-26(30)27(25)7-8-33-9-10-34-11-12-35-13-14-36-15-16-37-17-18-38-19-20-39-21-22-40-24-3-1-23(2-4-24)28(31)32/h1-6H,7-22H2. The molecule has 2 rings (SSSR count). The molecule has 0 unspecified atom stereocenters. The average Bonchev–Trinajstić information content (AvgIpc) is 3.27. The van der Waals surface area contributed by atoms with Crippen molar-refractivity contribution >= 4 is 17.5 Å². The van der Waals surface area contributed by atoms with Crippen LogP contribution < -0.4 is 4.74 Å². The number of carbonyl (C=O) groups excluding carboxylic acids is 2. The number of nitro groups is 1. The Kier molecular flexibility index (Phi) is 18.1. The second-order valence-electron chi connectivity index (χ2n) is 8.05. The zero-order valence-corrected chi connectivity index (χ0v) is 22.6. The molecule has 1 aliphatic heterocycles. The lowest BCUT2D eigenvalue weighted by Gasteiger charge is -2.13. The van der Waals surface area contributed by atoms with E-state index >= 15 is 0 Å². The Morgan fingerprint density at radius 1 is 0.550 bits per heavy atom. The molecule has 0 spiro atoms. The molecule has 0 saturated heterocycles. The van der Waals surface area contributed by atoms with E-state index in [4.69, 9.17) is 37.9 Å². The SMILES string of the molecule is O=C1C=CC(=O)N1CCOCCOCCOCCOCCOCCOCCOCCOc1ccc([N+](=O)[O-])cc1. The number of nitrogens with zero attached hydrogens (tertiary/aromatic N) is 2. The molecule has 1 aromatic carbocycles. The van der Waals surface area contributed by atoms with Gasteiger partial charge in [-0.05, 0) is 12.1 Å². The van der Waals surface area contributed by atoms with Crippen LogP contribution in [0, 0.1) is 10.1 Å². The van der Waals surface area contributed by atoms with Crippen LogP contribution in [-0.2, 0) is 42.7 Å². The molecule has 0 N–H and O–H groups in total. The Morgan fingerprint density at radius 3 is 1.27 bits per heavy atom. The number of benzene rings is 1. The highest BCUT2D eigenvalue weighted by atomic mass is 16.6. The molecule has 40 heavy (non-hydrogen) atoms. The van der Waals surface area contributed by atoms with Crippen molar-refractivity contribution < 1.29 is 52.4 Å². The van der Waals surface area contributed by atoms with Crippen LogP contribution in [0.5, 0.6) is 5.75 Å². The molecule has 0 aromatic heterocycles. The van der Waals surface area contributed by atoms with Crippen molar-refractivity contribution in [1.29, 1.82) is 0 Å². The molecule has 0 saturated carbocycles. The van der Waals surface area contributed by atoms with Gasteiger partial charge in [-0.15, -0.1) is 0 Å². The van der Waals surface area contributed by atoms with E-state index in [1.807, 2.05) is 0 Å². The summed E-state index contributed by atoms with van der Waals surface area (Å²) in [4.78, 5) is 34.0. The van der Waals surface area contributed by atoms with E-state index in [2.05, 4.69) is 0 Å². The van der Waals surface area contributed by atoms with Crippen LogP contribution in [0.3, 0.4) is 0 Å². The molecule has 1 heterocycles. The first kappa shape index (κ1) is 33.2. The first-order valence-electron chi connectivity index (χ1n) is 13.0. The molecule has 0 atom stereocenters. The first-order chi connectivity index (χ1) is 19.6. The number of imide groups is 1. The lowest BCUT2D eigenvalue weighted by molar-refractivity contribution is -0.384. The fourth-order valence-corrected chi connectivity index (χ4v) is 3.11. The normalized spacial score (nSPS) is 12.9. The van der Waals surface area contributed by atoms with E-state index in [1.54, 1.807) is 12.1 Å². The molecule has 1 aromatic rings. The maximum atomic E-state index is 11.4. The van der Waals surface area contributed by atoms with Gasteiger partial charge in [0.2, 0.25) is 0 Å². The summed E-state index contributed by atoms with van der Waals surface area (Å²) in [5.74, 6) is -0.0778. The summed E-state index contributed by atoms with van der Waals surface area (Å²) in [5, 5.41) is 10.6. The van der Waals surface area contributed by atoms with Crippen molar-refractivity contribution in [2.24, 2.45) is 0 Å². The van der Waals surface area contributed by atoms with E-state index < -0.39 is 4.92 Å². The Bertz CT molecular complexity index is 863. The summed E-state index contributed by atoms with van der Waals surface area (Å²) in [6.45, 7) is 6.45. The van der Waals surface area contributed by atoms with Gasteiger partial charge in [0.1, 0.15) is 12.4 Å². The van der Waals surface area contributed by atoms with E-state index in [0.717, 1.165) is 4.90 Å². The third-order valence-electron chi connectivity index (χ3n) is 5.14. The van der Waals surface area contributed by atoms with Crippen molar-refractivity contribution in [3.05, 3.63) is 46.5 Å². The Hall–Kier alpha value is -2.98. The minimum Gasteiger partial charge on any atom is -0.491 e. The lowest BCUT2D eigenvalue weighted by Crippen LogP contribution is -2.33. The first-order valence-corrected chi connectivity index (χ1v) is 13.0. The summed E-state index contributed by atoms with van der Waals surface area (Å²) in [6.07, 6.45) is 2.50. The molecule has 0 fully saturated rings. The highest BCUT2D eigenvalue weighted by Crippen LogP contribution is 2.17. The van der Waals surface area contributed by atoms with Crippen LogP contribution in [-0.4, -0.2) is 127 Å². The molecule has 0 aliphatic carbocycles. The van der Waals surface area contributed by atoms with Crippen molar-refractivity contribution in [3.8, 4) is 5.75 Å². The molecular weight excluding hydrogens is 532 g/mol. The number of rotatable bonds is 26. The van der Waals surface area contributed by atoms with Gasteiger partial charge in [-0.1, -0.05) is 0 Å². The smallest absolute Gasteiger partial charge is 0.269 e. The van der Waals surface area contributed by atoms with Gasteiger partial charge < -0.3 is 37.9 Å². The summed E-state index contributed by atoms with van der Waals surface area (Å²) in [6, 6.07) is 5.88. The second kappa shape index (κ2) is 21.8. The average molecular weight is 571 g/mol. The predicted molar refractivity (Wildman–Crippen MR) is 140 cm³/mol. The zero-order chi connectivity index (χ0) is 28.7. The van der Waals surface area contributed by atoms with E-state index in [9.17, 15) is 19.7 Å². The zero-order valence-electron chi connectivity index (χ0n) is 22.6. The van der Waals surface area contributed by atoms with Crippen LogP contribution in [0.2, 0.25) is 0 Å². The van der Waals surface area contributed by atoms with Gasteiger partial charge in [0.15, 0.2) is 0 Å². The molecule has 1 aliphatic rings. The predicted octanol–water partition coefficient (Wildman–Crippen LogP) is 1.01. The number of nitro benzene ring substituents is 1. The molecule has 14 nitrogen and oxygen atoms in total. The van der Waals surface area contributed by atoms with Crippen LogP contribution in [0.4, 0.5) is 5.69 Å². The largest absolute Gasteiger partial charge is 0.491 e. The summed E-state index contributed by atoms with van der Waals surface area (Å²) in [7, 11) is 0. The van der Waals surface area contributed by atoms with Gasteiger partial charge in [0.05, 0.1) is 104 Å². The second-order valence-corrected chi connectivity index (χ2v) is 8.05. The number of non-ortho nitro benzene ring substituents is 1. The quantitative estimate of drug-likeness (QED) is 0.0676. The molecule has 14 heteroatoms. The van der Waals surface area contributed by atoms with Crippen LogP contribution in [0.1, 0.15) is 0 Å². The lowest BCUT2D eigenvalue weighted by atomic mass is 10.3. The Morgan fingerprint density at radius 2 is 0.900 bits per heavy atom. The Labute approximate surface area is 233 Å². The van der Waals surface area contributed by atoms with Crippen molar-refractivity contribution in [3.63, 3.8) is 0 Å². The summed E-state index contributed by atoms with van der Waals surface area (Å²) < 4.78 is 43.3. The number of ether oxygens (including phenoxy) is 8. The number of carbonyl (C=O) groups is 2. The molecule has 0 bridgehead atoms. The fraction of sp³-hybridized carbons (Fsp3) is 0.615. The van der Waals surface area contributed by atoms with Crippen LogP contribution >= 0.6 is 0 Å². The van der Waals surface area contributed by atoms with E-state index in [1.165, 1.54) is 24.3 Å². The topological polar surface area (TPSA) is 154 Å². The minimum absolute atomic E-state index is 0.0196. The van der Waals surface area contributed by atoms with E-state index in [0.29, 0.717) is 98.2 Å². The third-order valence-corrected chi connectivity index (χ3v) is 5.14. The highest BCUT2D eigenvalue weighted by molar-refractivity contribution is 6.12. The van der Waals surface area contributed by atoms with Crippen molar-refractivity contribution in [2.75, 3.05) is 106 Å². The van der Waals surface area contributed by atoms with Gasteiger partial charge in [0, 0.05) is 24.3 Å². The van der Waals surface area contributed by atoms with Crippen molar-refractivity contribution in [1.82, 2.24) is 4.90 Å². The molecule has 0 radical (unpaired) electrons. The maximum absolute atomic E-state index is 11.4. The maximum Gasteiger partial charge on any atom is 0.269 e. The number of hydrogen-bond donors (Lipinski definition) is 0. The van der Waals surface area contributed by atoms with Crippen molar-refractivity contribution in [2.45, 2.75) is 0 Å². The molecular formula is C26H38N2O12. The van der Waals surface area contributed by atoms with E-state index in [-0.39, 0.29) is 30.7 Å². The van der Waals surface area contributed by atoms with Crippen LogP contribution in [0.25, 0.3) is 0 Å². The van der Waals surface area contributed by atoms with Gasteiger partial charge in [-0.25, -0.2) is 0 Å². The number of hydrogen-bond acceptors (Lipinski definition) is 12. The van der Waals surface area contributed by atoms with Gasteiger partial charge in [-0.2, -0.15) is 0 Å². The third kappa shape index (κ3) is 15.6. The van der Waals surface area contributed by atoms with Gasteiger partial charge >= 0.3 is 0 Å². The summed E-state index contributed by atoms with van der Waals surface area (Å²) >= 11 is 0. The fourth-order valence-electron chi connectivity index (χ4n) is 3.11. The summed E-state index contributed by atoms with van der Waals surface area (Å²) in [5.41, 5.74) is 0.0196. The highest BCUT2D eigenvalue weighted by Gasteiger charge is 2.22. The molecule has 224 valence electrons. The molecule has 2 amide bonds. The van der Waals surface area contributed by atoms with Gasteiger partial charge in [-0.3, -0.25) is 24.6 Å². The van der Waals surface area contributed by atoms with Gasteiger partial charge in [0.25, 0.3) is 17.5 Å². The van der Waals surface area contributed by atoms with Crippen LogP contribution in [0.15, 0.2) is 36.4 Å². The monoisotopic (exact) mass is 570 g/mol. The minimum atomic E-state index is -0.459.